The van der Waals surface area contributed by atoms with Crippen LogP contribution in [0.5, 0.6) is 11.5 Å². The first-order chi connectivity index (χ1) is 15.8. The Balaban J connectivity index is 1.57. The number of halogens is 1. The minimum atomic E-state index is -3.63. The van der Waals surface area contributed by atoms with E-state index in [1.165, 1.54) is 30.2 Å². The van der Waals surface area contributed by atoms with Crippen molar-refractivity contribution in [3.63, 3.8) is 0 Å². The van der Waals surface area contributed by atoms with Crippen molar-refractivity contribution in [3.05, 3.63) is 65.6 Å². The number of aromatic amines is 1. The Morgan fingerprint density at radius 2 is 1.91 bits per heavy atom. The number of hydrogen-bond acceptors (Lipinski definition) is 6. The van der Waals surface area contributed by atoms with Crippen molar-refractivity contribution in [3.8, 4) is 22.8 Å². The zero-order valence-electron chi connectivity index (χ0n) is 18.2. The molecule has 0 aliphatic carbocycles. The third-order valence-electron chi connectivity index (χ3n) is 5.77. The summed E-state index contributed by atoms with van der Waals surface area (Å²) in [6.07, 6.45) is 0.111. The van der Waals surface area contributed by atoms with Gasteiger partial charge in [0.05, 0.1) is 30.9 Å². The second-order valence-electron chi connectivity index (χ2n) is 7.69. The predicted molar refractivity (Wildman–Crippen MR) is 121 cm³/mol. The number of benzene rings is 2. The van der Waals surface area contributed by atoms with Gasteiger partial charge in [-0.05, 0) is 36.8 Å². The molecule has 1 fully saturated rings. The molecule has 1 N–H and O–H groups in total. The zero-order valence-corrected chi connectivity index (χ0v) is 19.1. The Labute approximate surface area is 191 Å². The molecule has 174 valence electrons. The van der Waals surface area contributed by atoms with Crippen molar-refractivity contribution in [1.29, 1.82) is 0 Å². The summed E-state index contributed by atoms with van der Waals surface area (Å²) < 4.78 is 50.6. The number of nitrogens with zero attached hydrogens (tertiary/aromatic N) is 2. The molecule has 4 rings (SSSR count). The minimum absolute atomic E-state index is 0.0168. The standard InChI is InChI=1S/C23H24FN3O5S/c1-31-15-7-8-21(32-2)17(13-15)19-14-20(26-25-19)23(28)27-10-9-22(33(29,30)12-11-27)16-5-3-4-6-18(16)24/h3-8,13-14,22H,9-12H2,1-2H3,(H,25,26). The Kier molecular flexibility index (Phi) is 6.37. The van der Waals surface area contributed by atoms with Crippen LogP contribution in [0, 0.1) is 5.82 Å². The van der Waals surface area contributed by atoms with Gasteiger partial charge < -0.3 is 14.4 Å². The van der Waals surface area contributed by atoms with Gasteiger partial charge in [0, 0.05) is 24.2 Å². The highest BCUT2D eigenvalue weighted by atomic mass is 32.2. The molecule has 1 aliphatic heterocycles. The maximum Gasteiger partial charge on any atom is 0.271 e. The van der Waals surface area contributed by atoms with E-state index in [0.717, 1.165) is 0 Å². The largest absolute Gasteiger partial charge is 0.497 e. The predicted octanol–water partition coefficient (Wildman–Crippen LogP) is 3.24. The number of sulfone groups is 1. The van der Waals surface area contributed by atoms with Gasteiger partial charge in [-0.25, -0.2) is 12.8 Å². The monoisotopic (exact) mass is 473 g/mol. The summed E-state index contributed by atoms with van der Waals surface area (Å²) in [5.41, 5.74) is 1.49. The van der Waals surface area contributed by atoms with Crippen LogP contribution in [-0.4, -0.2) is 62.5 Å². The number of hydrogen-bond donors (Lipinski definition) is 1. The molecule has 0 saturated carbocycles. The summed E-state index contributed by atoms with van der Waals surface area (Å²) >= 11 is 0. The smallest absolute Gasteiger partial charge is 0.271 e. The van der Waals surface area contributed by atoms with Crippen LogP contribution >= 0.6 is 0 Å². The van der Waals surface area contributed by atoms with Crippen LogP contribution < -0.4 is 9.47 Å². The lowest BCUT2D eigenvalue weighted by Gasteiger charge is -2.19. The number of aromatic nitrogens is 2. The third-order valence-corrected chi connectivity index (χ3v) is 7.88. The molecule has 10 heteroatoms. The highest BCUT2D eigenvalue weighted by Crippen LogP contribution is 2.34. The van der Waals surface area contributed by atoms with Gasteiger partial charge in [-0.2, -0.15) is 5.10 Å². The van der Waals surface area contributed by atoms with Gasteiger partial charge in [0.2, 0.25) is 0 Å². The molecule has 1 unspecified atom stereocenters. The number of ether oxygens (including phenoxy) is 2. The van der Waals surface area contributed by atoms with Crippen molar-refractivity contribution < 1.29 is 27.1 Å². The van der Waals surface area contributed by atoms with E-state index in [1.807, 2.05) is 0 Å². The topological polar surface area (TPSA) is 102 Å². The van der Waals surface area contributed by atoms with Gasteiger partial charge >= 0.3 is 0 Å². The van der Waals surface area contributed by atoms with E-state index in [-0.39, 0.29) is 42.4 Å². The number of methoxy groups -OCH3 is 2. The van der Waals surface area contributed by atoms with Crippen molar-refractivity contribution in [2.75, 3.05) is 33.1 Å². The molecule has 8 nitrogen and oxygen atoms in total. The van der Waals surface area contributed by atoms with Crippen molar-refractivity contribution in [1.82, 2.24) is 15.1 Å². The van der Waals surface area contributed by atoms with Gasteiger partial charge in [-0.1, -0.05) is 18.2 Å². The van der Waals surface area contributed by atoms with E-state index >= 15 is 0 Å². The fourth-order valence-electron chi connectivity index (χ4n) is 3.99. The number of amides is 1. The lowest BCUT2D eigenvalue weighted by atomic mass is 10.1. The second-order valence-corrected chi connectivity index (χ2v) is 9.99. The number of carbonyl (C=O) groups excluding carboxylic acids is 1. The fourth-order valence-corrected chi connectivity index (χ4v) is 5.79. The Morgan fingerprint density at radius 1 is 1.12 bits per heavy atom. The molecular weight excluding hydrogens is 449 g/mol. The molecule has 1 aromatic heterocycles. The normalized spacial score (nSPS) is 17.9. The first-order valence-electron chi connectivity index (χ1n) is 10.4. The summed E-state index contributed by atoms with van der Waals surface area (Å²) in [5, 5.41) is 5.98. The molecule has 0 radical (unpaired) electrons. The van der Waals surface area contributed by atoms with E-state index in [0.29, 0.717) is 22.8 Å². The zero-order chi connectivity index (χ0) is 23.6. The molecule has 33 heavy (non-hydrogen) atoms. The van der Waals surface area contributed by atoms with E-state index in [9.17, 15) is 17.6 Å². The van der Waals surface area contributed by atoms with Crippen LogP contribution in [0.3, 0.4) is 0 Å². The number of carbonyl (C=O) groups is 1. The van der Waals surface area contributed by atoms with E-state index in [2.05, 4.69) is 10.2 Å². The maximum atomic E-state index is 14.3. The van der Waals surface area contributed by atoms with Crippen LogP contribution in [-0.2, 0) is 9.84 Å². The number of rotatable bonds is 5. The van der Waals surface area contributed by atoms with E-state index in [4.69, 9.17) is 9.47 Å². The number of nitrogens with one attached hydrogen (secondary N) is 1. The summed E-state index contributed by atoms with van der Waals surface area (Å²) in [4.78, 5) is 14.6. The van der Waals surface area contributed by atoms with Crippen molar-refractivity contribution >= 4 is 15.7 Å². The summed E-state index contributed by atoms with van der Waals surface area (Å²) in [6, 6.07) is 12.7. The number of H-pyrrole nitrogens is 1. The van der Waals surface area contributed by atoms with Gasteiger partial charge in [-0.3, -0.25) is 9.89 Å². The van der Waals surface area contributed by atoms with Gasteiger partial charge in [-0.15, -0.1) is 0 Å². The summed E-state index contributed by atoms with van der Waals surface area (Å²) in [5.74, 6) is -0.00704. The van der Waals surface area contributed by atoms with Crippen LogP contribution in [0.15, 0.2) is 48.5 Å². The molecule has 0 bridgehead atoms. The highest BCUT2D eigenvalue weighted by molar-refractivity contribution is 7.91. The molecule has 1 aliphatic rings. The molecule has 2 heterocycles. The van der Waals surface area contributed by atoms with E-state index < -0.39 is 20.9 Å². The van der Waals surface area contributed by atoms with E-state index in [1.54, 1.807) is 37.4 Å². The average molecular weight is 474 g/mol. The molecule has 1 atom stereocenters. The Hall–Kier alpha value is -3.40. The Morgan fingerprint density at radius 3 is 2.64 bits per heavy atom. The van der Waals surface area contributed by atoms with Crippen LogP contribution in [0.4, 0.5) is 4.39 Å². The molecule has 1 amide bonds. The van der Waals surface area contributed by atoms with Crippen LogP contribution in [0.25, 0.3) is 11.3 Å². The summed E-state index contributed by atoms with van der Waals surface area (Å²) in [6.45, 7) is 0.191. The average Bonchev–Trinajstić information content (AvgIpc) is 3.25. The van der Waals surface area contributed by atoms with Crippen LogP contribution in [0.1, 0.15) is 27.7 Å². The first-order valence-corrected chi connectivity index (χ1v) is 12.1. The van der Waals surface area contributed by atoms with Crippen molar-refractivity contribution in [2.45, 2.75) is 11.7 Å². The van der Waals surface area contributed by atoms with Gasteiger partial charge in [0.15, 0.2) is 9.84 Å². The SMILES string of the molecule is COc1ccc(OC)c(-c2cc(C(=O)N3CCC(c4ccccc4F)S(=O)(=O)CC3)[nH]n2)c1. The van der Waals surface area contributed by atoms with Gasteiger partial charge in [0.1, 0.15) is 23.0 Å². The fraction of sp³-hybridized carbons (Fsp3) is 0.304. The lowest BCUT2D eigenvalue weighted by molar-refractivity contribution is 0.0760. The van der Waals surface area contributed by atoms with Crippen molar-refractivity contribution in [2.24, 2.45) is 0 Å². The summed E-state index contributed by atoms with van der Waals surface area (Å²) in [7, 11) is -0.545. The quantitative estimate of drug-likeness (QED) is 0.611. The molecular formula is C23H24FN3O5S. The lowest BCUT2D eigenvalue weighted by Crippen LogP contribution is -2.33. The highest BCUT2D eigenvalue weighted by Gasteiger charge is 2.34. The molecule has 0 spiro atoms. The molecule has 1 saturated heterocycles. The first kappa shape index (κ1) is 22.8. The molecule has 2 aromatic carbocycles. The maximum absolute atomic E-state index is 14.3. The molecule has 3 aromatic rings. The minimum Gasteiger partial charge on any atom is -0.497 e. The second kappa shape index (κ2) is 9.22. The van der Waals surface area contributed by atoms with Gasteiger partial charge in [0.25, 0.3) is 5.91 Å². The third kappa shape index (κ3) is 4.56. The van der Waals surface area contributed by atoms with Crippen LogP contribution in [0.2, 0.25) is 0 Å². The Bertz CT molecular complexity index is 1270.